The number of carbonyl (C=O) groups excluding carboxylic acids is 4. The Morgan fingerprint density at radius 2 is 1.73 bits per heavy atom. The van der Waals surface area contributed by atoms with Gasteiger partial charge in [-0.25, -0.2) is 19.4 Å². The van der Waals surface area contributed by atoms with Crippen molar-refractivity contribution in [2.75, 3.05) is 6.54 Å². The molecule has 5 atom stereocenters. The van der Waals surface area contributed by atoms with Gasteiger partial charge in [0.2, 0.25) is 12.2 Å². The van der Waals surface area contributed by atoms with Gasteiger partial charge < -0.3 is 26.6 Å². The first kappa shape index (κ1) is 37.6. The van der Waals surface area contributed by atoms with E-state index in [1.54, 1.807) is 27.7 Å². The number of urea groups is 1. The van der Waals surface area contributed by atoms with E-state index in [9.17, 15) is 24.3 Å². The van der Waals surface area contributed by atoms with Gasteiger partial charge in [-0.3, -0.25) is 9.69 Å². The summed E-state index contributed by atoms with van der Waals surface area (Å²) < 4.78 is 4.78. The quantitative estimate of drug-likeness (QED) is 0.212. The van der Waals surface area contributed by atoms with Crippen molar-refractivity contribution in [2.45, 2.75) is 117 Å². The standard InChI is InChI=1S/C33H52N6O6/c1-8-9-15-29(41)36-19-28(40)27(16-22(2)3)38(32(44)45-33(5,6)7)23(4)17-25-20-39(21-37-25,31(35)43)30(42)26(34)18-24-13-11-10-12-14-24/h10-14,20-23,26-28,40H,8-9,15-19,34H2,1-7H3,(H2-,35,36,41,43)/p+1/t23-,26+,27?,28+,39?/m1/s1. The van der Waals surface area contributed by atoms with Crippen molar-refractivity contribution in [3.8, 4) is 0 Å². The first-order valence-electron chi connectivity index (χ1n) is 15.8. The van der Waals surface area contributed by atoms with Gasteiger partial charge in [0.05, 0.1) is 12.1 Å². The van der Waals surface area contributed by atoms with Crippen LogP contribution in [-0.2, 0) is 20.7 Å². The zero-order valence-electron chi connectivity index (χ0n) is 27.9. The Balaban J connectivity index is 2.37. The SMILES string of the molecule is CCCCC(=O)NC[C@H](O)C(CC(C)C)N(C(=O)OC(C)(C)C)[C@H](C)CC1=C[N+](C(N)=O)(C(=O)[C@@H](N)Cc2ccccc2)C=N1. The summed E-state index contributed by atoms with van der Waals surface area (Å²) in [5, 5.41) is 14.1. The smallest absolute Gasteiger partial charge is 0.432 e. The number of hydrogen-bond donors (Lipinski definition) is 4. The molecule has 6 N–H and O–H groups in total. The van der Waals surface area contributed by atoms with Crippen LogP contribution in [0.1, 0.15) is 86.1 Å². The maximum atomic E-state index is 13.7. The second kappa shape index (κ2) is 16.6. The van der Waals surface area contributed by atoms with E-state index in [0.29, 0.717) is 18.5 Å². The molecule has 0 saturated carbocycles. The normalized spacial score (nSPS) is 18.9. The Labute approximate surface area is 267 Å². The highest BCUT2D eigenvalue weighted by Crippen LogP contribution is 2.28. The van der Waals surface area contributed by atoms with E-state index in [1.807, 2.05) is 51.1 Å². The minimum absolute atomic E-state index is 0.0394. The van der Waals surface area contributed by atoms with Crippen LogP contribution in [0.3, 0.4) is 0 Å². The van der Waals surface area contributed by atoms with Crippen LogP contribution in [0.5, 0.6) is 0 Å². The van der Waals surface area contributed by atoms with Gasteiger partial charge in [0, 0.05) is 31.8 Å². The summed E-state index contributed by atoms with van der Waals surface area (Å²) >= 11 is 0. The van der Waals surface area contributed by atoms with Crippen LogP contribution in [0.25, 0.3) is 0 Å². The Morgan fingerprint density at radius 1 is 1.09 bits per heavy atom. The lowest BCUT2D eigenvalue weighted by atomic mass is 9.95. The molecule has 12 heteroatoms. The summed E-state index contributed by atoms with van der Waals surface area (Å²) in [4.78, 5) is 58.0. The van der Waals surface area contributed by atoms with E-state index >= 15 is 0 Å². The predicted octanol–water partition coefficient (Wildman–Crippen LogP) is 3.96. The van der Waals surface area contributed by atoms with Crippen molar-refractivity contribution < 1.29 is 33.5 Å². The summed E-state index contributed by atoms with van der Waals surface area (Å²) in [6, 6.07) is 5.90. The summed E-state index contributed by atoms with van der Waals surface area (Å²) in [6.45, 7) is 12.9. The summed E-state index contributed by atoms with van der Waals surface area (Å²) in [6.07, 6.45) is 3.50. The molecule has 0 fully saturated rings. The van der Waals surface area contributed by atoms with E-state index < -0.39 is 52.3 Å². The van der Waals surface area contributed by atoms with E-state index in [2.05, 4.69) is 10.3 Å². The Morgan fingerprint density at radius 3 is 2.29 bits per heavy atom. The molecular formula is C33H53N6O6+. The lowest BCUT2D eigenvalue weighted by Gasteiger charge is -2.40. The van der Waals surface area contributed by atoms with Gasteiger partial charge in [-0.1, -0.05) is 57.5 Å². The van der Waals surface area contributed by atoms with Crippen molar-refractivity contribution in [3.63, 3.8) is 0 Å². The largest absolute Gasteiger partial charge is 0.444 e. The first-order valence-corrected chi connectivity index (χ1v) is 15.8. The minimum atomic E-state index is -1.09. The number of aliphatic imine (C=N–C) groups is 1. The molecule has 0 saturated heterocycles. The van der Waals surface area contributed by atoms with Crippen molar-refractivity contribution in [1.29, 1.82) is 0 Å². The number of primary amides is 1. The minimum Gasteiger partial charge on any atom is -0.444 e. The highest BCUT2D eigenvalue weighted by molar-refractivity contribution is 5.95. The molecule has 2 unspecified atom stereocenters. The number of benzene rings is 1. The van der Waals surface area contributed by atoms with Crippen LogP contribution in [-0.4, -0.2) is 81.1 Å². The number of nitrogens with two attached hydrogens (primary N) is 2. The Hall–Kier alpha value is -3.61. The van der Waals surface area contributed by atoms with Gasteiger partial charge in [0.25, 0.3) is 0 Å². The molecule has 0 bridgehead atoms. The molecule has 0 aliphatic carbocycles. The van der Waals surface area contributed by atoms with Crippen molar-refractivity contribution >= 4 is 30.3 Å². The third-order valence-corrected chi connectivity index (χ3v) is 7.47. The van der Waals surface area contributed by atoms with Gasteiger partial charge in [-0.15, -0.1) is 4.48 Å². The van der Waals surface area contributed by atoms with Crippen LogP contribution in [0.4, 0.5) is 9.59 Å². The number of aliphatic hydroxyl groups excluding tert-OH is 1. The average Bonchev–Trinajstić information content (AvgIpc) is 3.38. The highest BCUT2D eigenvalue weighted by atomic mass is 16.6. The molecule has 1 heterocycles. The second-order valence-corrected chi connectivity index (χ2v) is 13.2. The number of carbonyl (C=O) groups is 4. The molecule has 1 aliphatic heterocycles. The summed E-state index contributed by atoms with van der Waals surface area (Å²) in [7, 11) is 0. The molecule has 250 valence electrons. The number of rotatable bonds is 15. The fourth-order valence-electron chi connectivity index (χ4n) is 5.23. The molecule has 5 amide bonds. The summed E-state index contributed by atoms with van der Waals surface area (Å²) in [5.41, 5.74) is 12.3. The van der Waals surface area contributed by atoms with Gasteiger partial charge in [0.1, 0.15) is 23.5 Å². The fraction of sp³-hybridized carbons (Fsp3) is 0.606. The molecule has 0 aromatic heterocycles. The second-order valence-electron chi connectivity index (χ2n) is 13.2. The third-order valence-electron chi connectivity index (χ3n) is 7.47. The van der Waals surface area contributed by atoms with Gasteiger partial charge in [0.15, 0.2) is 0 Å². The van der Waals surface area contributed by atoms with Gasteiger partial charge in [-0.05, 0) is 52.0 Å². The van der Waals surface area contributed by atoms with Gasteiger partial charge in [-0.2, -0.15) is 0 Å². The monoisotopic (exact) mass is 629 g/mol. The number of nitrogens with zero attached hydrogens (tertiary/aromatic N) is 3. The number of quaternary nitrogens is 1. The molecule has 1 aromatic carbocycles. The molecule has 45 heavy (non-hydrogen) atoms. The number of hydrogen-bond acceptors (Lipinski definition) is 8. The van der Waals surface area contributed by atoms with Crippen LogP contribution in [0, 0.1) is 5.92 Å². The number of unbranched alkanes of at least 4 members (excludes halogenated alkanes) is 1. The molecule has 0 spiro atoms. The first-order chi connectivity index (χ1) is 21.0. The van der Waals surface area contributed by atoms with Crippen LogP contribution in [0.2, 0.25) is 0 Å². The lowest BCUT2D eigenvalue weighted by Crippen LogP contribution is -2.59. The molecule has 0 radical (unpaired) electrons. The topological polar surface area (TPSA) is 177 Å². The maximum absolute atomic E-state index is 13.7. The molecule has 2 rings (SSSR count). The van der Waals surface area contributed by atoms with Gasteiger partial charge >= 0.3 is 18.0 Å². The van der Waals surface area contributed by atoms with E-state index in [1.165, 1.54) is 17.4 Å². The summed E-state index contributed by atoms with van der Waals surface area (Å²) in [5.74, 6) is -0.713. The van der Waals surface area contributed by atoms with Crippen molar-refractivity contribution in [2.24, 2.45) is 22.4 Å². The predicted molar refractivity (Wildman–Crippen MR) is 173 cm³/mol. The number of imide groups is 1. The zero-order chi connectivity index (χ0) is 33.9. The molecule has 12 nitrogen and oxygen atoms in total. The number of aliphatic hydroxyl groups is 1. The highest BCUT2D eigenvalue weighted by Gasteiger charge is 2.48. The van der Waals surface area contributed by atoms with Crippen molar-refractivity contribution in [3.05, 3.63) is 47.8 Å². The lowest BCUT2D eigenvalue weighted by molar-refractivity contribution is -0.606. The zero-order valence-corrected chi connectivity index (χ0v) is 27.9. The Bertz CT molecular complexity index is 1230. The average molecular weight is 630 g/mol. The van der Waals surface area contributed by atoms with Crippen LogP contribution >= 0.6 is 0 Å². The molecule has 1 aliphatic rings. The van der Waals surface area contributed by atoms with E-state index in [4.69, 9.17) is 16.2 Å². The van der Waals surface area contributed by atoms with Crippen molar-refractivity contribution in [1.82, 2.24) is 10.2 Å². The van der Waals surface area contributed by atoms with E-state index in [0.717, 1.165) is 18.4 Å². The fourth-order valence-corrected chi connectivity index (χ4v) is 5.23. The van der Waals surface area contributed by atoms with E-state index in [-0.39, 0.29) is 31.2 Å². The number of nitrogens with one attached hydrogen (secondary N) is 1. The third kappa shape index (κ3) is 11.1. The van der Waals surface area contributed by atoms with Crippen LogP contribution in [0.15, 0.2) is 47.2 Å². The maximum Gasteiger partial charge on any atom is 0.432 e. The van der Waals surface area contributed by atoms with Crippen LogP contribution < -0.4 is 16.8 Å². The number of amides is 5. The number of ether oxygens (including phenoxy) is 1. The molecular weight excluding hydrogens is 576 g/mol. The Kier molecular flexibility index (Phi) is 13.9. The molecule has 1 aromatic rings.